The van der Waals surface area contributed by atoms with Crippen LogP contribution in [-0.4, -0.2) is 67.9 Å². The molecule has 174 valence electrons. The zero-order chi connectivity index (χ0) is 23.3. The first-order valence-electron chi connectivity index (χ1n) is 11.2. The predicted molar refractivity (Wildman–Crippen MR) is 124 cm³/mol. The van der Waals surface area contributed by atoms with Gasteiger partial charge in [-0.1, -0.05) is 6.07 Å². The van der Waals surface area contributed by atoms with Gasteiger partial charge in [0.25, 0.3) is 0 Å². The molecule has 0 atom stereocenters. The van der Waals surface area contributed by atoms with E-state index in [2.05, 4.69) is 15.2 Å². The van der Waals surface area contributed by atoms with E-state index in [1.165, 1.54) is 35.0 Å². The zero-order valence-electron chi connectivity index (χ0n) is 18.5. The van der Waals surface area contributed by atoms with Gasteiger partial charge in [0.05, 0.1) is 16.5 Å². The number of nitrogens with zero attached hydrogens (tertiary/aromatic N) is 5. The molecule has 2 aliphatic rings. The van der Waals surface area contributed by atoms with Crippen LogP contribution < -0.4 is 10.2 Å². The molecule has 0 saturated carbocycles. The average molecular weight is 469 g/mol. The molecule has 33 heavy (non-hydrogen) atoms. The summed E-state index contributed by atoms with van der Waals surface area (Å²) in [4.78, 5) is 21.3. The van der Waals surface area contributed by atoms with E-state index in [-0.39, 0.29) is 24.0 Å². The van der Waals surface area contributed by atoms with Crippen molar-refractivity contribution in [1.29, 1.82) is 5.26 Å². The van der Waals surface area contributed by atoms with Crippen LogP contribution in [0.1, 0.15) is 30.4 Å². The minimum atomic E-state index is -3.66. The number of amides is 2. The number of aromatic nitrogens is 1. The number of hydrogen-bond donors (Lipinski definition) is 1. The standard InChI is InChI=1S/C23H28N6O3S/c24-17-19-6-8-21(9-7-19)33(31,32)29-15-13-28(14-16-29)23(30)26-18-20-5-4-10-25-22(20)27-11-2-1-3-12-27/h4-10H,1-3,11-16,18H2,(H,26,30). The van der Waals surface area contributed by atoms with Crippen molar-refractivity contribution in [3.05, 3.63) is 53.7 Å². The van der Waals surface area contributed by atoms with Crippen molar-refractivity contribution in [3.8, 4) is 6.07 Å². The van der Waals surface area contributed by atoms with Gasteiger partial charge in [-0.25, -0.2) is 18.2 Å². The molecule has 2 aliphatic heterocycles. The molecule has 1 aromatic heterocycles. The molecule has 1 aromatic carbocycles. The Balaban J connectivity index is 1.32. The van der Waals surface area contributed by atoms with Gasteiger partial charge in [-0.2, -0.15) is 9.57 Å². The Bertz CT molecular complexity index is 1120. The van der Waals surface area contributed by atoms with E-state index >= 15 is 0 Å². The second kappa shape index (κ2) is 10.2. The summed E-state index contributed by atoms with van der Waals surface area (Å²) < 4.78 is 27.1. The molecule has 0 bridgehead atoms. The molecule has 2 amide bonds. The van der Waals surface area contributed by atoms with Crippen LogP contribution in [0.2, 0.25) is 0 Å². The summed E-state index contributed by atoms with van der Waals surface area (Å²) in [6, 6.07) is 11.5. The fraction of sp³-hybridized carbons (Fsp3) is 0.435. The SMILES string of the molecule is N#Cc1ccc(S(=O)(=O)N2CCN(C(=O)NCc3cccnc3N3CCCCC3)CC2)cc1. The van der Waals surface area contributed by atoms with Crippen molar-refractivity contribution in [2.75, 3.05) is 44.2 Å². The first-order chi connectivity index (χ1) is 16.0. The summed E-state index contributed by atoms with van der Waals surface area (Å²) in [5, 5.41) is 11.9. The number of nitrogens with one attached hydrogen (secondary N) is 1. The Kier molecular flexibility index (Phi) is 7.11. The van der Waals surface area contributed by atoms with Crippen LogP contribution >= 0.6 is 0 Å². The van der Waals surface area contributed by atoms with Gasteiger partial charge in [0.15, 0.2) is 0 Å². The number of piperidine rings is 1. The lowest BCUT2D eigenvalue weighted by Crippen LogP contribution is -2.53. The first-order valence-corrected chi connectivity index (χ1v) is 12.6. The maximum Gasteiger partial charge on any atom is 0.317 e. The largest absolute Gasteiger partial charge is 0.356 e. The van der Waals surface area contributed by atoms with Crippen LogP contribution in [0.15, 0.2) is 47.5 Å². The molecule has 4 rings (SSSR count). The van der Waals surface area contributed by atoms with E-state index < -0.39 is 10.0 Å². The van der Waals surface area contributed by atoms with Crippen LogP contribution in [0, 0.1) is 11.3 Å². The second-order valence-corrected chi connectivity index (χ2v) is 10.2. The van der Waals surface area contributed by atoms with Gasteiger partial charge in [0, 0.05) is 57.6 Å². The van der Waals surface area contributed by atoms with Gasteiger partial charge < -0.3 is 15.1 Å². The average Bonchev–Trinajstić information content (AvgIpc) is 2.88. The van der Waals surface area contributed by atoms with Crippen molar-refractivity contribution in [3.63, 3.8) is 0 Å². The van der Waals surface area contributed by atoms with Crippen molar-refractivity contribution < 1.29 is 13.2 Å². The minimum absolute atomic E-state index is 0.154. The number of sulfonamides is 1. The Morgan fingerprint density at radius 1 is 1.00 bits per heavy atom. The summed E-state index contributed by atoms with van der Waals surface area (Å²) in [6.07, 6.45) is 5.32. The summed E-state index contributed by atoms with van der Waals surface area (Å²) in [7, 11) is -3.66. The number of carbonyl (C=O) groups is 1. The molecule has 2 saturated heterocycles. The molecule has 3 heterocycles. The Morgan fingerprint density at radius 3 is 2.36 bits per heavy atom. The number of nitriles is 1. The monoisotopic (exact) mass is 468 g/mol. The number of anilines is 1. The van der Waals surface area contributed by atoms with E-state index in [4.69, 9.17) is 5.26 Å². The lowest BCUT2D eigenvalue weighted by Gasteiger charge is -2.34. The smallest absolute Gasteiger partial charge is 0.317 e. The van der Waals surface area contributed by atoms with Gasteiger partial charge in [0.1, 0.15) is 5.82 Å². The third-order valence-electron chi connectivity index (χ3n) is 6.10. The van der Waals surface area contributed by atoms with Crippen LogP contribution in [0.5, 0.6) is 0 Å². The van der Waals surface area contributed by atoms with Crippen LogP contribution in [0.4, 0.5) is 10.6 Å². The van der Waals surface area contributed by atoms with Gasteiger partial charge >= 0.3 is 6.03 Å². The van der Waals surface area contributed by atoms with E-state index in [0.717, 1.165) is 37.3 Å². The molecule has 2 fully saturated rings. The second-order valence-electron chi connectivity index (χ2n) is 8.22. The van der Waals surface area contributed by atoms with Crippen LogP contribution in [0.3, 0.4) is 0 Å². The minimum Gasteiger partial charge on any atom is -0.356 e. The van der Waals surface area contributed by atoms with E-state index in [1.54, 1.807) is 11.1 Å². The normalized spacial score (nSPS) is 17.4. The maximum absolute atomic E-state index is 12.9. The third-order valence-corrected chi connectivity index (χ3v) is 8.01. The van der Waals surface area contributed by atoms with E-state index in [9.17, 15) is 13.2 Å². The maximum atomic E-state index is 12.9. The highest BCUT2D eigenvalue weighted by atomic mass is 32.2. The van der Waals surface area contributed by atoms with Gasteiger partial charge in [0.2, 0.25) is 10.0 Å². The van der Waals surface area contributed by atoms with Gasteiger partial charge in [-0.3, -0.25) is 0 Å². The lowest BCUT2D eigenvalue weighted by atomic mass is 10.1. The van der Waals surface area contributed by atoms with Crippen molar-refractivity contribution in [1.82, 2.24) is 19.5 Å². The molecular formula is C23H28N6O3S. The molecule has 1 N–H and O–H groups in total. The third kappa shape index (κ3) is 5.26. The number of pyridine rings is 1. The number of benzene rings is 1. The number of urea groups is 1. The van der Waals surface area contributed by atoms with Crippen molar-refractivity contribution in [2.45, 2.75) is 30.7 Å². The highest BCUT2D eigenvalue weighted by Gasteiger charge is 2.30. The molecule has 0 aliphatic carbocycles. The molecule has 9 nitrogen and oxygen atoms in total. The number of carbonyl (C=O) groups excluding carboxylic acids is 1. The van der Waals surface area contributed by atoms with Gasteiger partial charge in [-0.05, 0) is 49.6 Å². The van der Waals surface area contributed by atoms with E-state index in [0.29, 0.717) is 25.2 Å². The molecule has 0 spiro atoms. The highest BCUT2D eigenvalue weighted by molar-refractivity contribution is 7.89. The lowest BCUT2D eigenvalue weighted by molar-refractivity contribution is 0.172. The number of piperazine rings is 1. The predicted octanol–water partition coefficient (Wildman–Crippen LogP) is 2.16. The molecule has 0 radical (unpaired) electrons. The summed E-state index contributed by atoms with van der Waals surface area (Å²) >= 11 is 0. The summed E-state index contributed by atoms with van der Waals surface area (Å²) in [5.74, 6) is 0.927. The highest BCUT2D eigenvalue weighted by Crippen LogP contribution is 2.22. The Hall–Kier alpha value is -3.16. The van der Waals surface area contributed by atoms with Crippen molar-refractivity contribution >= 4 is 21.9 Å². The molecule has 0 unspecified atom stereocenters. The van der Waals surface area contributed by atoms with Crippen LogP contribution in [-0.2, 0) is 16.6 Å². The fourth-order valence-electron chi connectivity index (χ4n) is 4.22. The fourth-order valence-corrected chi connectivity index (χ4v) is 5.65. The number of hydrogen-bond acceptors (Lipinski definition) is 6. The quantitative estimate of drug-likeness (QED) is 0.720. The van der Waals surface area contributed by atoms with E-state index in [1.807, 2.05) is 18.2 Å². The molecular weight excluding hydrogens is 440 g/mol. The van der Waals surface area contributed by atoms with Crippen LogP contribution in [0.25, 0.3) is 0 Å². The zero-order valence-corrected chi connectivity index (χ0v) is 19.3. The Morgan fingerprint density at radius 2 is 1.70 bits per heavy atom. The van der Waals surface area contributed by atoms with Gasteiger partial charge in [-0.15, -0.1) is 0 Å². The molecule has 2 aromatic rings. The summed E-state index contributed by atoms with van der Waals surface area (Å²) in [5.41, 5.74) is 1.39. The topological polar surface area (TPSA) is 110 Å². The number of rotatable bonds is 5. The first kappa shape index (κ1) is 23.0. The summed E-state index contributed by atoms with van der Waals surface area (Å²) in [6.45, 7) is 3.41. The molecule has 10 heteroatoms. The Labute approximate surface area is 194 Å². The van der Waals surface area contributed by atoms with Crippen molar-refractivity contribution in [2.24, 2.45) is 0 Å².